The van der Waals surface area contributed by atoms with Crippen molar-refractivity contribution in [1.29, 1.82) is 0 Å². The Morgan fingerprint density at radius 3 is 2.40 bits per heavy atom. The molecule has 0 bridgehead atoms. The minimum atomic E-state index is -0.130. The highest BCUT2D eigenvalue weighted by atomic mass is 35.5. The number of carbonyl (C=O) groups is 2. The van der Waals surface area contributed by atoms with Crippen molar-refractivity contribution in [3.05, 3.63) is 65.2 Å². The van der Waals surface area contributed by atoms with Gasteiger partial charge < -0.3 is 15.5 Å². The van der Waals surface area contributed by atoms with E-state index in [1.54, 1.807) is 29.2 Å². The Balaban J connectivity index is 1.48. The highest BCUT2D eigenvalue weighted by molar-refractivity contribution is 6.30. The molecule has 0 unspecified atom stereocenters. The summed E-state index contributed by atoms with van der Waals surface area (Å²) in [5, 5.41) is 6.44. The Bertz CT molecular complexity index is 743. The lowest BCUT2D eigenvalue weighted by molar-refractivity contribution is 0.0919. The van der Waals surface area contributed by atoms with E-state index in [1.807, 2.05) is 30.3 Å². The number of piperidine rings is 1. The zero-order valence-electron chi connectivity index (χ0n) is 13.7. The Morgan fingerprint density at radius 2 is 1.72 bits per heavy atom. The number of benzene rings is 2. The maximum absolute atomic E-state index is 12.3. The van der Waals surface area contributed by atoms with Crippen LogP contribution in [-0.2, 0) is 0 Å². The van der Waals surface area contributed by atoms with Gasteiger partial charge in [-0.15, -0.1) is 0 Å². The van der Waals surface area contributed by atoms with Gasteiger partial charge in [0.2, 0.25) is 0 Å². The number of hydrogen-bond acceptors (Lipinski definition) is 2. The summed E-state index contributed by atoms with van der Waals surface area (Å²) >= 11 is 5.92. The van der Waals surface area contributed by atoms with Gasteiger partial charge in [-0.05, 0) is 43.2 Å². The molecule has 2 aromatic rings. The minimum Gasteiger partial charge on any atom is -0.349 e. The first-order valence-corrected chi connectivity index (χ1v) is 8.67. The maximum Gasteiger partial charge on any atom is 0.321 e. The van der Waals surface area contributed by atoms with Crippen LogP contribution in [0.25, 0.3) is 0 Å². The summed E-state index contributed by atoms with van der Waals surface area (Å²) in [4.78, 5) is 26.3. The van der Waals surface area contributed by atoms with Crippen molar-refractivity contribution in [3.63, 3.8) is 0 Å². The van der Waals surface area contributed by atoms with Crippen LogP contribution >= 0.6 is 11.6 Å². The minimum absolute atomic E-state index is 0.0623. The molecule has 1 saturated heterocycles. The van der Waals surface area contributed by atoms with Crippen molar-refractivity contribution in [2.45, 2.75) is 18.9 Å². The monoisotopic (exact) mass is 357 g/mol. The molecule has 0 aromatic heterocycles. The summed E-state index contributed by atoms with van der Waals surface area (Å²) in [6.45, 7) is 1.22. The fourth-order valence-corrected chi connectivity index (χ4v) is 3.04. The second-order valence-corrected chi connectivity index (χ2v) is 6.48. The van der Waals surface area contributed by atoms with Crippen LogP contribution in [0.3, 0.4) is 0 Å². The Hall–Kier alpha value is -2.53. The molecule has 0 radical (unpaired) electrons. The van der Waals surface area contributed by atoms with Crippen molar-refractivity contribution < 1.29 is 9.59 Å². The number of nitrogens with one attached hydrogen (secondary N) is 2. The first-order chi connectivity index (χ1) is 12.1. The molecule has 25 heavy (non-hydrogen) atoms. The molecule has 1 aliphatic rings. The molecule has 1 fully saturated rings. The van der Waals surface area contributed by atoms with Crippen molar-refractivity contribution in [3.8, 4) is 0 Å². The molecule has 130 valence electrons. The van der Waals surface area contributed by atoms with Crippen molar-refractivity contribution in [2.75, 3.05) is 18.4 Å². The van der Waals surface area contributed by atoms with Crippen LogP contribution in [0.1, 0.15) is 23.2 Å². The highest BCUT2D eigenvalue weighted by Crippen LogP contribution is 2.15. The van der Waals surface area contributed by atoms with E-state index in [2.05, 4.69) is 10.6 Å². The fraction of sp³-hybridized carbons (Fsp3) is 0.263. The number of likely N-dealkylation sites (tertiary alicyclic amines) is 1. The normalized spacial score (nSPS) is 14.8. The maximum atomic E-state index is 12.3. The molecule has 3 amide bonds. The zero-order chi connectivity index (χ0) is 17.6. The van der Waals surface area contributed by atoms with Gasteiger partial charge in [0.25, 0.3) is 5.91 Å². The Morgan fingerprint density at radius 1 is 1.00 bits per heavy atom. The smallest absolute Gasteiger partial charge is 0.321 e. The lowest BCUT2D eigenvalue weighted by atomic mass is 10.0. The highest BCUT2D eigenvalue weighted by Gasteiger charge is 2.24. The molecular formula is C19H20ClN3O2. The van der Waals surface area contributed by atoms with Gasteiger partial charge in [0.05, 0.1) is 0 Å². The number of carbonyl (C=O) groups excluding carboxylic acids is 2. The van der Waals surface area contributed by atoms with E-state index in [-0.39, 0.29) is 18.0 Å². The number of anilines is 1. The molecule has 2 aromatic carbocycles. The van der Waals surface area contributed by atoms with Gasteiger partial charge in [-0.3, -0.25) is 4.79 Å². The van der Waals surface area contributed by atoms with E-state index in [0.29, 0.717) is 23.7 Å². The summed E-state index contributed by atoms with van der Waals surface area (Å²) < 4.78 is 0. The average Bonchev–Trinajstić information content (AvgIpc) is 2.63. The number of nitrogens with zero attached hydrogens (tertiary/aromatic N) is 1. The molecule has 6 heteroatoms. The van der Waals surface area contributed by atoms with Crippen LogP contribution in [-0.4, -0.2) is 36.0 Å². The van der Waals surface area contributed by atoms with Gasteiger partial charge in [-0.2, -0.15) is 0 Å². The zero-order valence-corrected chi connectivity index (χ0v) is 14.5. The molecule has 1 aliphatic heterocycles. The number of halogens is 1. The largest absolute Gasteiger partial charge is 0.349 e. The van der Waals surface area contributed by atoms with Crippen LogP contribution in [0.15, 0.2) is 54.6 Å². The summed E-state index contributed by atoms with van der Waals surface area (Å²) in [7, 11) is 0. The second kappa shape index (κ2) is 8.03. The molecule has 2 N–H and O–H groups in total. The third kappa shape index (κ3) is 4.73. The van der Waals surface area contributed by atoms with Crippen LogP contribution in [0.5, 0.6) is 0 Å². The summed E-state index contributed by atoms with van der Waals surface area (Å²) in [5.41, 5.74) is 1.33. The number of amides is 3. The van der Waals surface area contributed by atoms with Crippen LogP contribution in [0.2, 0.25) is 5.02 Å². The van der Waals surface area contributed by atoms with E-state index in [1.165, 1.54) is 0 Å². The Kier molecular flexibility index (Phi) is 5.56. The van der Waals surface area contributed by atoms with E-state index >= 15 is 0 Å². The fourth-order valence-electron chi connectivity index (χ4n) is 2.85. The first kappa shape index (κ1) is 17.3. The first-order valence-electron chi connectivity index (χ1n) is 8.29. The third-order valence-corrected chi connectivity index (χ3v) is 4.46. The van der Waals surface area contributed by atoms with Gasteiger partial charge in [-0.1, -0.05) is 35.9 Å². The summed E-state index contributed by atoms with van der Waals surface area (Å²) in [5.74, 6) is -0.130. The summed E-state index contributed by atoms with van der Waals surface area (Å²) in [6, 6.07) is 16.2. The van der Waals surface area contributed by atoms with E-state index < -0.39 is 0 Å². The molecule has 0 atom stereocenters. The van der Waals surface area contributed by atoms with Gasteiger partial charge in [0.1, 0.15) is 0 Å². The van der Waals surface area contributed by atoms with Crippen LogP contribution in [0, 0.1) is 0 Å². The summed E-state index contributed by atoms with van der Waals surface area (Å²) in [6.07, 6.45) is 1.46. The number of rotatable bonds is 3. The van der Waals surface area contributed by atoms with E-state index in [0.717, 1.165) is 18.5 Å². The van der Waals surface area contributed by atoms with E-state index in [4.69, 9.17) is 11.6 Å². The molecule has 1 heterocycles. The quantitative estimate of drug-likeness (QED) is 0.878. The standard InChI is InChI=1S/C19H20ClN3O2/c20-15-6-4-5-14(13-15)18(24)21-17-9-11-23(12-10-17)19(25)22-16-7-2-1-3-8-16/h1-8,13,17H,9-12H2,(H,21,24)(H,22,25). The number of hydrogen-bond donors (Lipinski definition) is 2. The van der Waals surface area contributed by atoms with Gasteiger partial charge >= 0.3 is 6.03 Å². The van der Waals surface area contributed by atoms with Crippen molar-refractivity contribution >= 4 is 29.2 Å². The number of para-hydroxylation sites is 1. The molecular weight excluding hydrogens is 338 g/mol. The molecule has 0 aliphatic carbocycles. The third-order valence-electron chi connectivity index (χ3n) is 4.23. The van der Waals surface area contributed by atoms with Crippen molar-refractivity contribution in [2.24, 2.45) is 0 Å². The van der Waals surface area contributed by atoms with Crippen LogP contribution < -0.4 is 10.6 Å². The van der Waals surface area contributed by atoms with Gasteiger partial charge in [0.15, 0.2) is 0 Å². The molecule has 0 spiro atoms. The van der Waals surface area contributed by atoms with E-state index in [9.17, 15) is 9.59 Å². The molecule has 0 saturated carbocycles. The second-order valence-electron chi connectivity index (χ2n) is 6.04. The van der Waals surface area contributed by atoms with Crippen molar-refractivity contribution in [1.82, 2.24) is 10.2 Å². The Labute approximate surface area is 152 Å². The predicted octanol–water partition coefficient (Wildman–Crippen LogP) is 3.77. The van der Waals surface area contributed by atoms with Gasteiger partial charge in [0, 0.05) is 35.4 Å². The number of urea groups is 1. The average molecular weight is 358 g/mol. The molecule has 5 nitrogen and oxygen atoms in total. The topological polar surface area (TPSA) is 61.4 Å². The predicted molar refractivity (Wildman–Crippen MR) is 99.0 cm³/mol. The lowest BCUT2D eigenvalue weighted by Gasteiger charge is -2.32. The SMILES string of the molecule is O=C(NC1CCN(C(=O)Nc2ccccc2)CC1)c1cccc(Cl)c1. The van der Waals surface area contributed by atoms with Gasteiger partial charge in [-0.25, -0.2) is 4.79 Å². The lowest BCUT2D eigenvalue weighted by Crippen LogP contribution is -2.47. The molecule has 3 rings (SSSR count). The van der Waals surface area contributed by atoms with Crippen LogP contribution in [0.4, 0.5) is 10.5 Å².